The number of benzene rings is 3. The number of rotatable bonds is 7. The summed E-state index contributed by atoms with van der Waals surface area (Å²) >= 11 is 0. The van der Waals surface area contributed by atoms with E-state index in [1.54, 1.807) is 0 Å². The third-order valence-corrected chi connectivity index (χ3v) is 5.21. The standard InChI is InChI=1S/C24H27NO2.ClH/c1-16-9-12-21-20(15-16)11-10-17(2)23(21)22(26)13-14-25-18(3)24(27)19-7-5-4-6-8-19;/h4-12,15,18,24-25,27H,13-14H2,1-3H3;1H. The molecule has 0 aromatic heterocycles. The van der Waals surface area contributed by atoms with Gasteiger partial charge in [0.05, 0.1) is 13.0 Å². The first-order valence-corrected chi connectivity index (χ1v) is 9.57. The van der Waals surface area contributed by atoms with Crippen molar-refractivity contribution in [1.29, 1.82) is 0 Å². The van der Waals surface area contributed by atoms with Gasteiger partial charge in [-0.25, -0.2) is 0 Å². The highest BCUT2D eigenvalue weighted by molar-refractivity contribution is 6.09. The zero-order valence-corrected chi connectivity index (χ0v) is 17.4. The Balaban J connectivity index is 0.00000280. The molecule has 0 saturated carbocycles. The fourth-order valence-corrected chi connectivity index (χ4v) is 3.61. The van der Waals surface area contributed by atoms with Crippen molar-refractivity contribution < 1.29 is 27.6 Å². The van der Waals surface area contributed by atoms with E-state index in [2.05, 4.69) is 36.5 Å². The summed E-state index contributed by atoms with van der Waals surface area (Å²) in [5.74, 6) is 0.166. The minimum atomic E-state index is -0.538. The first-order chi connectivity index (χ1) is 13.0. The Labute approximate surface area is 173 Å². The second-order valence-electron chi connectivity index (χ2n) is 7.39. The van der Waals surface area contributed by atoms with Crippen molar-refractivity contribution in [1.82, 2.24) is 0 Å². The SMILES string of the molecule is Cc1ccc2c(C(=O)CC[NH2+]C(C)C(O)c3ccccc3)c(C)ccc2c1.[Cl-]. The van der Waals surface area contributed by atoms with Crippen LogP contribution in [0.5, 0.6) is 0 Å². The van der Waals surface area contributed by atoms with Crippen molar-refractivity contribution in [2.24, 2.45) is 0 Å². The van der Waals surface area contributed by atoms with Gasteiger partial charge in [0.25, 0.3) is 0 Å². The van der Waals surface area contributed by atoms with Crippen molar-refractivity contribution in [2.45, 2.75) is 39.3 Å². The number of quaternary nitrogens is 1. The Morgan fingerprint density at radius 3 is 2.46 bits per heavy atom. The molecular formula is C24H28ClNO2. The summed E-state index contributed by atoms with van der Waals surface area (Å²) in [5.41, 5.74) is 3.96. The molecular weight excluding hydrogens is 370 g/mol. The van der Waals surface area contributed by atoms with Gasteiger partial charge in [0, 0.05) is 5.56 Å². The Bertz CT molecular complexity index is 940. The second-order valence-corrected chi connectivity index (χ2v) is 7.39. The normalized spacial score (nSPS) is 13.0. The molecule has 0 saturated heterocycles. The van der Waals surface area contributed by atoms with Crippen molar-refractivity contribution in [3.63, 3.8) is 0 Å². The monoisotopic (exact) mass is 397 g/mol. The third-order valence-electron chi connectivity index (χ3n) is 5.21. The number of Topliss-reactive ketones (excluding diaryl/α,β-unsaturated/α-hetero) is 1. The molecule has 2 atom stereocenters. The Morgan fingerprint density at radius 2 is 1.75 bits per heavy atom. The van der Waals surface area contributed by atoms with Crippen LogP contribution in [0.15, 0.2) is 60.7 Å². The fourth-order valence-electron chi connectivity index (χ4n) is 3.61. The number of aliphatic hydroxyl groups excluding tert-OH is 1. The fraction of sp³-hybridized carbons (Fsp3) is 0.292. The molecule has 4 heteroatoms. The van der Waals surface area contributed by atoms with Crippen LogP contribution in [0.2, 0.25) is 0 Å². The third kappa shape index (κ3) is 4.99. The molecule has 3 aromatic rings. The highest BCUT2D eigenvalue weighted by Gasteiger charge is 2.20. The number of nitrogens with two attached hydrogens (primary N) is 1. The molecule has 3 nitrogen and oxygen atoms in total. The van der Waals surface area contributed by atoms with E-state index >= 15 is 0 Å². The lowest BCUT2D eigenvalue weighted by atomic mass is 9.94. The maximum absolute atomic E-state index is 12.9. The number of aliphatic hydroxyl groups is 1. The van der Waals surface area contributed by atoms with Gasteiger partial charge < -0.3 is 22.8 Å². The molecule has 28 heavy (non-hydrogen) atoms. The molecule has 3 rings (SSSR count). The summed E-state index contributed by atoms with van der Waals surface area (Å²) in [6.07, 6.45) is -0.0803. The molecule has 0 bridgehead atoms. The molecule has 0 aliphatic heterocycles. The van der Waals surface area contributed by atoms with Crippen LogP contribution in [0.3, 0.4) is 0 Å². The molecule has 0 radical (unpaired) electrons. The highest BCUT2D eigenvalue weighted by Crippen LogP contribution is 2.24. The molecule has 0 amide bonds. The van der Waals surface area contributed by atoms with Crippen LogP contribution in [-0.2, 0) is 0 Å². The van der Waals surface area contributed by atoms with Gasteiger partial charge >= 0.3 is 0 Å². The number of halogens is 1. The summed E-state index contributed by atoms with van der Waals surface area (Å²) in [6, 6.07) is 20.0. The summed E-state index contributed by atoms with van der Waals surface area (Å²) in [6.45, 7) is 6.72. The van der Waals surface area contributed by atoms with Crippen molar-refractivity contribution in [3.05, 3.63) is 82.9 Å². The average molecular weight is 398 g/mol. The van der Waals surface area contributed by atoms with E-state index < -0.39 is 6.10 Å². The van der Waals surface area contributed by atoms with E-state index in [0.717, 1.165) is 27.5 Å². The predicted octanol–water partition coefficient (Wildman–Crippen LogP) is 0.719. The van der Waals surface area contributed by atoms with Crippen molar-refractivity contribution in [2.75, 3.05) is 6.54 Å². The van der Waals surface area contributed by atoms with Gasteiger partial charge in [-0.2, -0.15) is 0 Å². The maximum Gasteiger partial charge on any atom is 0.169 e. The van der Waals surface area contributed by atoms with Gasteiger partial charge in [-0.1, -0.05) is 66.2 Å². The van der Waals surface area contributed by atoms with Crippen LogP contribution < -0.4 is 17.7 Å². The number of hydrogen-bond acceptors (Lipinski definition) is 2. The van der Waals surface area contributed by atoms with E-state index in [1.807, 2.05) is 50.2 Å². The number of aryl methyl sites for hydroxylation is 2. The Kier molecular flexibility index (Phi) is 7.76. The average Bonchev–Trinajstić information content (AvgIpc) is 2.67. The summed E-state index contributed by atoms with van der Waals surface area (Å²) in [7, 11) is 0. The van der Waals surface area contributed by atoms with E-state index in [-0.39, 0.29) is 24.2 Å². The number of fused-ring (bicyclic) bond motifs is 1. The van der Waals surface area contributed by atoms with Crippen LogP contribution in [0.4, 0.5) is 0 Å². The molecule has 3 N–H and O–H groups in total. The molecule has 2 unspecified atom stereocenters. The lowest BCUT2D eigenvalue weighted by Crippen LogP contribution is -3.00. The van der Waals surface area contributed by atoms with Crippen LogP contribution in [-0.4, -0.2) is 23.5 Å². The molecule has 148 valence electrons. The van der Waals surface area contributed by atoms with Gasteiger partial charge in [0.2, 0.25) is 0 Å². The first-order valence-electron chi connectivity index (χ1n) is 9.57. The lowest BCUT2D eigenvalue weighted by Gasteiger charge is -2.18. The first kappa shape index (κ1) is 22.1. The number of ketones is 1. The van der Waals surface area contributed by atoms with Gasteiger partial charge in [0.15, 0.2) is 5.78 Å². The van der Waals surface area contributed by atoms with Gasteiger partial charge in [-0.05, 0) is 42.7 Å². The van der Waals surface area contributed by atoms with Crippen LogP contribution >= 0.6 is 0 Å². The Hall–Kier alpha value is -2.20. The minimum absolute atomic E-state index is 0. The van der Waals surface area contributed by atoms with Gasteiger partial charge in [0.1, 0.15) is 12.1 Å². The topological polar surface area (TPSA) is 53.9 Å². The summed E-state index contributed by atoms with van der Waals surface area (Å²) in [5, 5.41) is 14.7. The molecule has 3 aromatic carbocycles. The molecule has 0 heterocycles. The smallest absolute Gasteiger partial charge is 0.169 e. The number of hydrogen-bond donors (Lipinski definition) is 2. The van der Waals surface area contributed by atoms with E-state index in [9.17, 15) is 9.90 Å². The maximum atomic E-state index is 12.9. The lowest BCUT2D eigenvalue weighted by molar-refractivity contribution is -0.693. The number of carbonyl (C=O) groups is 1. The minimum Gasteiger partial charge on any atom is -1.00 e. The molecule has 0 aliphatic rings. The zero-order valence-electron chi connectivity index (χ0n) is 16.7. The predicted molar refractivity (Wildman–Crippen MR) is 110 cm³/mol. The van der Waals surface area contributed by atoms with E-state index in [1.165, 1.54) is 5.56 Å². The summed E-state index contributed by atoms with van der Waals surface area (Å²) in [4.78, 5) is 12.9. The Morgan fingerprint density at radius 1 is 1.04 bits per heavy atom. The quantitative estimate of drug-likeness (QED) is 0.577. The molecule has 0 aliphatic carbocycles. The largest absolute Gasteiger partial charge is 1.00 e. The van der Waals surface area contributed by atoms with Gasteiger partial charge in [-0.15, -0.1) is 0 Å². The van der Waals surface area contributed by atoms with Crippen LogP contribution in [0.1, 0.15) is 46.5 Å². The number of carbonyl (C=O) groups excluding carboxylic acids is 1. The van der Waals surface area contributed by atoms with Crippen LogP contribution in [0.25, 0.3) is 10.8 Å². The van der Waals surface area contributed by atoms with E-state index in [0.29, 0.717) is 13.0 Å². The van der Waals surface area contributed by atoms with Gasteiger partial charge in [-0.3, -0.25) is 4.79 Å². The van der Waals surface area contributed by atoms with Crippen molar-refractivity contribution >= 4 is 16.6 Å². The van der Waals surface area contributed by atoms with Crippen LogP contribution in [0, 0.1) is 13.8 Å². The second kappa shape index (κ2) is 9.83. The highest BCUT2D eigenvalue weighted by atomic mass is 35.5. The molecule has 0 spiro atoms. The van der Waals surface area contributed by atoms with Crippen molar-refractivity contribution in [3.8, 4) is 0 Å². The molecule has 0 fully saturated rings. The van der Waals surface area contributed by atoms with E-state index in [4.69, 9.17) is 0 Å². The zero-order chi connectivity index (χ0) is 19.4. The summed E-state index contributed by atoms with van der Waals surface area (Å²) < 4.78 is 0.